The monoisotopic (exact) mass is 428 g/mol. The van der Waals surface area contributed by atoms with Gasteiger partial charge in [0.2, 0.25) is 0 Å². The van der Waals surface area contributed by atoms with Crippen molar-refractivity contribution in [2.75, 3.05) is 26.4 Å². The van der Waals surface area contributed by atoms with Gasteiger partial charge < -0.3 is 18.9 Å². The molecule has 31 heavy (non-hydrogen) atoms. The molecule has 0 fully saturated rings. The number of hydrogen-bond acceptors (Lipinski definition) is 7. The van der Waals surface area contributed by atoms with Crippen molar-refractivity contribution < 1.29 is 33.3 Å². The fraction of sp³-hybridized carbons (Fsp3) is 0.375. The van der Waals surface area contributed by atoms with E-state index in [4.69, 9.17) is 18.9 Å². The first-order valence-electron chi connectivity index (χ1n) is 10.3. The fourth-order valence-electron chi connectivity index (χ4n) is 2.96. The molecule has 0 unspecified atom stereocenters. The summed E-state index contributed by atoms with van der Waals surface area (Å²) >= 11 is 0. The van der Waals surface area contributed by atoms with E-state index in [1.54, 1.807) is 51.1 Å². The van der Waals surface area contributed by atoms with E-state index in [-0.39, 0.29) is 31.0 Å². The summed E-state index contributed by atoms with van der Waals surface area (Å²) in [7, 11) is 0. The van der Waals surface area contributed by atoms with E-state index in [1.807, 2.05) is 6.92 Å². The van der Waals surface area contributed by atoms with Gasteiger partial charge in [0.1, 0.15) is 22.6 Å². The Hall–Kier alpha value is -3.35. The van der Waals surface area contributed by atoms with E-state index >= 15 is 0 Å². The van der Waals surface area contributed by atoms with Crippen LogP contribution in [0.15, 0.2) is 36.4 Å². The normalized spacial score (nSPS) is 10.3. The molecule has 0 aromatic heterocycles. The first-order chi connectivity index (χ1) is 14.9. The molecule has 2 rings (SSSR count). The minimum Gasteiger partial charge on any atom is -0.493 e. The van der Waals surface area contributed by atoms with Crippen molar-refractivity contribution in [1.82, 2.24) is 0 Å². The third kappa shape index (κ3) is 6.31. The second-order valence-electron chi connectivity index (χ2n) is 6.45. The van der Waals surface area contributed by atoms with Crippen molar-refractivity contribution in [3.63, 3.8) is 0 Å². The molecule has 2 aromatic carbocycles. The molecule has 0 saturated carbocycles. The third-order valence-corrected chi connectivity index (χ3v) is 4.30. The summed E-state index contributed by atoms with van der Waals surface area (Å²) in [6.07, 6.45) is 0.0908. The molecule has 0 atom stereocenters. The lowest BCUT2D eigenvalue weighted by molar-refractivity contribution is 0.0512. The molecule has 0 aliphatic rings. The summed E-state index contributed by atoms with van der Waals surface area (Å²) in [5, 5.41) is 0. The zero-order chi connectivity index (χ0) is 22.8. The standard InChI is InChI=1S/C24H28O7/c1-5-28-21-14-16(9-11-18(21)23(26)30-7-3)13-20(25)17-10-12-19(24(27)31-8-4)22(15-17)29-6-2/h9-12,14-15H,5-8,13H2,1-4H3. The Morgan fingerprint density at radius 2 is 1.19 bits per heavy atom. The summed E-state index contributed by atoms with van der Waals surface area (Å²) < 4.78 is 21.2. The molecule has 2 aromatic rings. The summed E-state index contributed by atoms with van der Waals surface area (Å²) in [6, 6.07) is 9.63. The summed E-state index contributed by atoms with van der Waals surface area (Å²) in [5.74, 6) is -0.457. The second-order valence-corrected chi connectivity index (χ2v) is 6.45. The van der Waals surface area contributed by atoms with E-state index < -0.39 is 11.9 Å². The Bertz CT molecular complexity index is 934. The third-order valence-electron chi connectivity index (χ3n) is 4.30. The van der Waals surface area contributed by atoms with Crippen LogP contribution in [0.5, 0.6) is 11.5 Å². The van der Waals surface area contributed by atoms with Crippen molar-refractivity contribution in [2.45, 2.75) is 34.1 Å². The first kappa shape index (κ1) is 23.9. The molecule has 166 valence electrons. The lowest BCUT2D eigenvalue weighted by atomic mass is 10.00. The zero-order valence-electron chi connectivity index (χ0n) is 18.4. The number of hydrogen-bond donors (Lipinski definition) is 0. The molecule has 7 nitrogen and oxygen atoms in total. The van der Waals surface area contributed by atoms with Crippen molar-refractivity contribution in [1.29, 1.82) is 0 Å². The van der Waals surface area contributed by atoms with Crippen LogP contribution in [0, 0.1) is 0 Å². The van der Waals surface area contributed by atoms with Gasteiger partial charge in [0.15, 0.2) is 5.78 Å². The van der Waals surface area contributed by atoms with Gasteiger partial charge in [0.25, 0.3) is 0 Å². The minimum absolute atomic E-state index is 0.0908. The van der Waals surface area contributed by atoms with Crippen molar-refractivity contribution in [2.24, 2.45) is 0 Å². The molecule has 0 heterocycles. The van der Waals surface area contributed by atoms with E-state index in [2.05, 4.69) is 0 Å². The highest BCUT2D eigenvalue weighted by molar-refractivity contribution is 6.00. The molecule has 0 saturated heterocycles. The summed E-state index contributed by atoms with van der Waals surface area (Å²) in [4.78, 5) is 37.1. The predicted molar refractivity (Wildman–Crippen MR) is 115 cm³/mol. The van der Waals surface area contributed by atoms with Gasteiger partial charge in [-0.3, -0.25) is 4.79 Å². The number of ketones is 1. The number of esters is 2. The van der Waals surface area contributed by atoms with Gasteiger partial charge in [-0.1, -0.05) is 12.1 Å². The van der Waals surface area contributed by atoms with Gasteiger partial charge in [-0.2, -0.15) is 0 Å². The Morgan fingerprint density at radius 1 is 0.677 bits per heavy atom. The Balaban J connectivity index is 2.27. The number of carbonyl (C=O) groups excluding carboxylic acids is 3. The number of ether oxygens (including phenoxy) is 4. The van der Waals surface area contributed by atoms with Crippen LogP contribution in [-0.2, 0) is 15.9 Å². The number of carbonyl (C=O) groups is 3. The van der Waals surface area contributed by atoms with Crippen molar-refractivity contribution in [3.8, 4) is 11.5 Å². The number of Topliss-reactive ketones (excluding diaryl/α,β-unsaturated/α-hetero) is 1. The second kappa shape index (κ2) is 11.7. The largest absolute Gasteiger partial charge is 0.493 e. The van der Waals surface area contributed by atoms with E-state index in [9.17, 15) is 14.4 Å². The number of benzene rings is 2. The Morgan fingerprint density at radius 3 is 1.71 bits per heavy atom. The van der Waals surface area contributed by atoms with Gasteiger partial charge in [0.05, 0.1) is 26.4 Å². The van der Waals surface area contributed by atoms with Crippen LogP contribution in [0.2, 0.25) is 0 Å². The Kier molecular flexibility index (Phi) is 9.06. The molecule has 0 aliphatic heterocycles. The maximum absolute atomic E-state index is 12.9. The highest BCUT2D eigenvalue weighted by Gasteiger charge is 2.19. The summed E-state index contributed by atoms with van der Waals surface area (Å²) in [5.41, 5.74) is 1.69. The van der Waals surface area contributed by atoms with Gasteiger partial charge >= 0.3 is 11.9 Å². The highest BCUT2D eigenvalue weighted by atomic mass is 16.5. The van der Waals surface area contributed by atoms with Gasteiger partial charge in [-0.05, 0) is 57.5 Å². The minimum atomic E-state index is -0.499. The molecule has 0 bridgehead atoms. The molecule has 0 spiro atoms. The number of rotatable bonds is 11. The average molecular weight is 428 g/mol. The Labute approximate surface area is 182 Å². The molecule has 7 heteroatoms. The fourth-order valence-corrected chi connectivity index (χ4v) is 2.96. The molecular weight excluding hydrogens is 400 g/mol. The van der Waals surface area contributed by atoms with Gasteiger partial charge in [0, 0.05) is 12.0 Å². The predicted octanol–water partition coefficient (Wildman–Crippen LogP) is 4.26. The van der Waals surface area contributed by atoms with Crippen LogP contribution < -0.4 is 9.47 Å². The molecular formula is C24H28O7. The molecule has 0 radical (unpaired) electrons. The summed E-state index contributed by atoms with van der Waals surface area (Å²) in [6.45, 7) is 8.28. The van der Waals surface area contributed by atoms with Crippen LogP contribution in [0.1, 0.15) is 64.3 Å². The van der Waals surface area contributed by atoms with E-state index in [0.717, 1.165) is 0 Å². The van der Waals surface area contributed by atoms with Crippen LogP contribution in [0.4, 0.5) is 0 Å². The quantitative estimate of drug-likeness (QED) is 0.390. The zero-order valence-corrected chi connectivity index (χ0v) is 18.4. The van der Waals surface area contributed by atoms with E-state index in [0.29, 0.717) is 41.4 Å². The topological polar surface area (TPSA) is 88.1 Å². The molecule has 0 N–H and O–H groups in total. The van der Waals surface area contributed by atoms with Gasteiger partial charge in [-0.25, -0.2) is 9.59 Å². The molecule has 0 amide bonds. The maximum atomic E-state index is 12.9. The van der Waals surface area contributed by atoms with Crippen LogP contribution in [0.3, 0.4) is 0 Å². The van der Waals surface area contributed by atoms with Crippen LogP contribution in [0.25, 0.3) is 0 Å². The van der Waals surface area contributed by atoms with Gasteiger partial charge in [-0.15, -0.1) is 0 Å². The average Bonchev–Trinajstić information content (AvgIpc) is 2.74. The first-order valence-corrected chi connectivity index (χ1v) is 10.3. The van der Waals surface area contributed by atoms with Crippen molar-refractivity contribution in [3.05, 3.63) is 58.7 Å². The van der Waals surface area contributed by atoms with Crippen molar-refractivity contribution >= 4 is 17.7 Å². The lowest BCUT2D eigenvalue weighted by Crippen LogP contribution is -2.11. The maximum Gasteiger partial charge on any atom is 0.341 e. The van der Waals surface area contributed by atoms with E-state index in [1.165, 1.54) is 6.07 Å². The smallest absolute Gasteiger partial charge is 0.341 e. The lowest BCUT2D eigenvalue weighted by Gasteiger charge is -2.13. The van der Waals surface area contributed by atoms with Crippen LogP contribution in [-0.4, -0.2) is 44.1 Å². The molecule has 0 aliphatic carbocycles. The highest BCUT2D eigenvalue weighted by Crippen LogP contribution is 2.25. The SMILES string of the molecule is CCOC(=O)c1ccc(CC(=O)c2ccc(C(=O)OCC)c(OCC)c2)cc1OCC. The van der Waals surface area contributed by atoms with Crippen LogP contribution >= 0.6 is 0 Å².